The molecule has 4 atom stereocenters. The first-order valence-corrected chi connectivity index (χ1v) is 18.8. The second-order valence-electron chi connectivity index (χ2n) is 15.6. The summed E-state index contributed by atoms with van der Waals surface area (Å²) >= 11 is 0. The molecule has 1 aliphatic heterocycles. The number of fused-ring (bicyclic) bond motifs is 2. The molecule has 5 heterocycles. The van der Waals surface area contributed by atoms with E-state index in [1.165, 1.54) is 16.7 Å². The van der Waals surface area contributed by atoms with Crippen LogP contribution in [-0.2, 0) is 11.8 Å². The van der Waals surface area contributed by atoms with Crippen LogP contribution in [-0.4, -0.2) is 89.5 Å². The Kier molecular flexibility index (Phi) is 9.28. The van der Waals surface area contributed by atoms with Gasteiger partial charge in [0, 0.05) is 31.5 Å². The van der Waals surface area contributed by atoms with E-state index < -0.39 is 5.60 Å². The number of aryl methyl sites for hydroxylation is 2. The zero-order valence-electron chi connectivity index (χ0n) is 31.8. The van der Waals surface area contributed by atoms with Crippen LogP contribution < -0.4 is 14.8 Å². The van der Waals surface area contributed by atoms with Crippen molar-refractivity contribution in [3.8, 4) is 11.5 Å². The highest BCUT2D eigenvalue weighted by molar-refractivity contribution is 5.91. The van der Waals surface area contributed by atoms with Crippen LogP contribution in [0.4, 0.5) is 0 Å². The Morgan fingerprint density at radius 1 is 0.909 bits per heavy atom. The molecule has 6 aromatic rings. The van der Waals surface area contributed by atoms with Gasteiger partial charge in [-0.15, -0.1) is 10.2 Å². The number of hydrogen-bond donors (Lipinski definition) is 2. The van der Waals surface area contributed by atoms with E-state index in [0.717, 1.165) is 30.4 Å². The fraction of sp³-hybridized carbons (Fsp3) is 0.381. The van der Waals surface area contributed by atoms with Crippen molar-refractivity contribution in [2.75, 3.05) is 26.7 Å². The third-order valence-electron chi connectivity index (χ3n) is 11.3. The van der Waals surface area contributed by atoms with Gasteiger partial charge in [0.1, 0.15) is 17.6 Å². The molecular formula is C42H46N8O5. The molecule has 2 N–H and O–H groups in total. The van der Waals surface area contributed by atoms with E-state index >= 15 is 0 Å². The second-order valence-corrected chi connectivity index (χ2v) is 15.6. The highest BCUT2D eigenvalue weighted by Crippen LogP contribution is 2.46. The van der Waals surface area contributed by atoms with Gasteiger partial charge in [-0.1, -0.05) is 61.5 Å². The van der Waals surface area contributed by atoms with Gasteiger partial charge in [0.2, 0.25) is 11.6 Å². The predicted octanol–water partition coefficient (Wildman–Crippen LogP) is 5.25. The summed E-state index contributed by atoms with van der Waals surface area (Å²) in [6.07, 6.45) is 6.73. The summed E-state index contributed by atoms with van der Waals surface area (Å²) in [5, 5.41) is 21.8. The summed E-state index contributed by atoms with van der Waals surface area (Å²) in [5.74, 6) is 0.991. The van der Waals surface area contributed by atoms with Gasteiger partial charge in [-0.2, -0.15) is 0 Å². The summed E-state index contributed by atoms with van der Waals surface area (Å²) in [5.41, 5.74) is 5.45. The zero-order chi connectivity index (χ0) is 38.5. The highest BCUT2D eigenvalue weighted by atomic mass is 16.5. The summed E-state index contributed by atoms with van der Waals surface area (Å²) in [4.78, 5) is 35.8. The number of nitrogens with zero attached hydrogens (tertiary/aromatic N) is 7. The first-order valence-electron chi connectivity index (χ1n) is 18.8. The minimum Gasteiger partial charge on any atom is -0.491 e. The van der Waals surface area contributed by atoms with Gasteiger partial charge in [0.15, 0.2) is 11.3 Å². The molecule has 0 radical (unpaired) electrons. The molecule has 13 heteroatoms. The Hall–Kier alpha value is -5.82. The number of rotatable bonds is 11. The van der Waals surface area contributed by atoms with E-state index in [2.05, 4.69) is 80.9 Å². The van der Waals surface area contributed by atoms with Crippen molar-refractivity contribution in [3.05, 3.63) is 119 Å². The molecule has 4 aromatic heterocycles. The summed E-state index contributed by atoms with van der Waals surface area (Å²) in [7, 11) is 1.56. The minimum absolute atomic E-state index is 0.0363. The summed E-state index contributed by atoms with van der Waals surface area (Å²) in [6, 6.07) is 23.1. The van der Waals surface area contributed by atoms with E-state index in [4.69, 9.17) is 9.47 Å². The van der Waals surface area contributed by atoms with Crippen LogP contribution in [0, 0.1) is 13.8 Å². The lowest BCUT2D eigenvalue weighted by atomic mass is 9.63. The number of benzene rings is 2. The lowest BCUT2D eigenvalue weighted by Crippen LogP contribution is -2.49. The van der Waals surface area contributed by atoms with Crippen molar-refractivity contribution in [1.29, 1.82) is 0 Å². The standard InChI is InChI=1S/C42H46N8O5/c1-26-18-32(22-49-38(26)45-36(47-49)40(52)48-17-16-41(3,53)25-48)54-24-30(29-11-7-6-8-12-29)20-28-10-9-13-31(21-28)42(4)15-14-34(42)55-33-19-27(2)37-44-35(39(51)43-5)46-50(37)23-33/h6-13,18-19,21-23,30,34,53H,14-17,20,24-25H2,1-5H3,(H,43,51)/t30-,34?,41?,42?/m0/s1. The van der Waals surface area contributed by atoms with E-state index in [9.17, 15) is 14.7 Å². The topological polar surface area (TPSA) is 148 Å². The molecule has 284 valence electrons. The quantitative estimate of drug-likeness (QED) is 0.182. The molecule has 2 fully saturated rings. The fourth-order valence-corrected chi connectivity index (χ4v) is 7.85. The fourth-order valence-electron chi connectivity index (χ4n) is 7.85. The third kappa shape index (κ3) is 7.11. The first-order chi connectivity index (χ1) is 26.4. The Morgan fingerprint density at radius 3 is 2.27 bits per heavy atom. The molecule has 8 rings (SSSR count). The van der Waals surface area contributed by atoms with Crippen LogP contribution in [0.25, 0.3) is 11.3 Å². The maximum Gasteiger partial charge on any atom is 0.293 e. The molecule has 0 bridgehead atoms. The number of carbonyl (C=O) groups is 2. The largest absolute Gasteiger partial charge is 0.491 e. The van der Waals surface area contributed by atoms with Crippen molar-refractivity contribution >= 4 is 23.1 Å². The van der Waals surface area contributed by atoms with Gasteiger partial charge in [-0.25, -0.2) is 19.0 Å². The van der Waals surface area contributed by atoms with Crippen LogP contribution in [0.1, 0.15) is 88.1 Å². The van der Waals surface area contributed by atoms with Crippen LogP contribution in [0.15, 0.2) is 79.1 Å². The molecule has 1 saturated carbocycles. The average molecular weight is 743 g/mol. The molecule has 2 aromatic carbocycles. The lowest BCUT2D eigenvalue weighted by Gasteiger charge is -2.47. The normalized spacial score (nSPS) is 21.4. The number of hydrogen-bond acceptors (Lipinski definition) is 9. The Morgan fingerprint density at radius 2 is 1.60 bits per heavy atom. The van der Waals surface area contributed by atoms with Crippen LogP contribution in [0.2, 0.25) is 0 Å². The zero-order valence-corrected chi connectivity index (χ0v) is 31.8. The number of ether oxygens (including phenoxy) is 2. The van der Waals surface area contributed by atoms with Gasteiger partial charge in [-0.3, -0.25) is 9.59 Å². The molecular weight excluding hydrogens is 697 g/mol. The van der Waals surface area contributed by atoms with Gasteiger partial charge in [0.05, 0.1) is 24.6 Å². The van der Waals surface area contributed by atoms with Crippen molar-refractivity contribution < 1.29 is 24.2 Å². The Labute approximate surface area is 319 Å². The van der Waals surface area contributed by atoms with Crippen molar-refractivity contribution in [2.45, 2.75) is 76.4 Å². The molecule has 1 saturated heterocycles. The molecule has 2 amide bonds. The van der Waals surface area contributed by atoms with Gasteiger partial charge in [-0.05, 0) is 86.4 Å². The number of amides is 2. The molecule has 1 aliphatic carbocycles. The number of likely N-dealkylation sites (tertiary alicyclic amines) is 1. The predicted molar refractivity (Wildman–Crippen MR) is 206 cm³/mol. The summed E-state index contributed by atoms with van der Waals surface area (Å²) < 4.78 is 16.3. The number of carbonyl (C=O) groups excluding carboxylic acids is 2. The highest BCUT2D eigenvalue weighted by Gasteiger charge is 2.46. The Bertz CT molecular complexity index is 2410. The number of pyridine rings is 2. The average Bonchev–Trinajstić information content (AvgIpc) is 3.91. The third-order valence-corrected chi connectivity index (χ3v) is 11.3. The van der Waals surface area contributed by atoms with Crippen LogP contribution in [0.5, 0.6) is 11.5 Å². The lowest BCUT2D eigenvalue weighted by molar-refractivity contribution is 0.0253. The maximum atomic E-state index is 13.2. The number of aromatic nitrogens is 6. The molecule has 2 aliphatic rings. The molecule has 3 unspecified atom stereocenters. The maximum absolute atomic E-state index is 13.2. The molecule has 13 nitrogen and oxygen atoms in total. The van der Waals surface area contributed by atoms with Crippen LogP contribution >= 0.6 is 0 Å². The number of nitrogens with one attached hydrogen (secondary N) is 1. The Balaban J connectivity index is 0.984. The van der Waals surface area contributed by atoms with Gasteiger partial charge < -0.3 is 24.8 Å². The number of β-amino-alcohol motifs (C(OH)–C–C–N with tert-alkyl or cyclic N) is 1. The molecule has 0 spiro atoms. The van der Waals surface area contributed by atoms with Gasteiger partial charge >= 0.3 is 0 Å². The van der Waals surface area contributed by atoms with Crippen molar-refractivity contribution in [3.63, 3.8) is 0 Å². The SMILES string of the molecule is CNC(=O)c1nc2c(C)cc(OC3CCC3(C)c3cccc(C[C@@H](COc4cc(C)c5nc(C(=O)N6CCC(C)(O)C6)nn5c4)c4ccccc4)c3)cn2n1. The monoisotopic (exact) mass is 742 g/mol. The van der Waals surface area contributed by atoms with E-state index in [1.807, 2.05) is 32.0 Å². The smallest absolute Gasteiger partial charge is 0.293 e. The van der Waals surface area contributed by atoms with Gasteiger partial charge in [0.25, 0.3) is 11.8 Å². The van der Waals surface area contributed by atoms with E-state index in [0.29, 0.717) is 42.4 Å². The second kappa shape index (κ2) is 14.1. The summed E-state index contributed by atoms with van der Waals surface area (Å²) in [6.45, 7) is 9.03. The number of aliphatic hydroxyl groups is 1. The molecule has 55 heavy (non-hydrogen) atoms. The first kappa shape index (κ1) is 36.2. The van der Waals surface area contributed by atoms with Crippen molar-refractivity contribution in [2.24, 2.45) is 0 Å². The van der Waals surface area contributed by atoms with E-state index in [1.54, 1.807) is 40.3 Å². The van der Waals surface area contributed by atoms with E-state index in [-0.39, 0.29) is 47.4 Å². The van der Waals surface area contributed by atoms with Crippen LogP contribution in [0.3, 0.4) is 0 Å². The van der Waals surface area contributed by atoms with Crippen molar-refractivity contribution in [1.82, 2.24) is 39.4 Å². The minimum atomic E-state index is -0.897.